The summed E-state index contributed by atoms with van der Waals surface area (Å²) in [7, 11) is 1.43. The summed E-state index contributed by atoms with van der Waals surface area (Å²) >= 11 is 0. The Morgan fingerprint density at radius 1 is 1.17 bits per heavy atom. The second-order valence-corrected chi connectivity index (χ2v) is 2.04. The summed E-state index contributed by atoms with van der Waals surface area (Å²) in [5, 5.41) is 15.6. The van der Waals surface area contributed by atoms with E-state index in [9.17, 15) is 0 Å². The third-order valence-electron chi connectivity index (χ3n) is 1.13. The lowest BCUT2D eigenvalue weighted by Gasteiger charge is -1.94. The number of hydrogen-bond acceptors (Lipinski definition) is 4. The first-order chi connectivity index (χ1) is 5.85. The molecule has 1 aromatic carbocycles. The Morgan fingerprint density at radius 3 is 2.08 bits per heavy atom. The van der Waals surface area contributed by atoms with Gasteiger partial charge in [-0.2, -0.15) is 0 Å². The molecular weight excluding hydrogens is 156 g/mol. The summed E-state index contributed by atoms with van der Waals surface area (Å²) in [5.41, 5.74) is 4.92. The molecule has 0 heterocycles. The van der Waals surface area contributed by atoms with E-state index in [1.165, 1.54) is 7.05 Å². The van der Waals surface area contributed by atoms with Gasteiger partial charge in [0.25, 0.3) is 0 Å². The van der Waals surface area contributed by atoms with Crippen LogP contribution in [-0.2, 0) is 6.54 Å². The normalized spacial score (nSPS) is 8.58. The topological polar surface area (TPSA) is 64.5 Å². The predicted octanol–water partition coefficient (Wildman–Crippen LogP) is 0.760. The molecule has 0 aliphatic carbocycles. The fraction of sp³-hybridized carbons (Fsp3) is 0.250. The van der Waals surface area contributed by atoms with E-state index in [1.54, 1.807) is 5.48 Å². The number of nitrogens with one attached hydrogen (secondary N) is 2. The van der Waals surface area contributed by atoms with Gasteiger partial charge in [0.05, 0.1) is 0 Å². The summed E-state index contributed by atoms with van der Waals surface area (Å²) in [6.07, 6.45) is 0. The van der Waals surface area contributed by atoms with Crippen LogP contribution in [0.3, 0.4) is 0 Å². The van der Waals surface area contributed by atoms with Gasteiger partial charge in [0, 0.05) is 13.6 Å². The van der Waals surface area contributed by atoms with Gasteiger partial charge in [-0.15, -0.1) is 0 Å². The fourth-order valence-electron chi connectivity index (χ4n) is 0.687. The zero-order chi connectivity index (χ0) is 9.23. The van der Waals surface area contributed by atoms with Gasteiger partial charge in [-0.3, -0.25) is 0 Å². The van der Waals surface area contributed by atoms with Crippen LogP contribution in [0.2, 0.25) is 0 Å². The van der Waals surface area contributed by atoms with Gasteiger partial charge in [-0.1, -0.05) is 30.3 Å². The van der Waals surface area contributed by atoms with E-state index in [0.29, 0.717) is 6.54 Å². The largest absolute Gasteiger partial charge is 0.317 e. The van der Waals surface area contributed by atoms with Gasteiger partial charge >= 0.3 is 0 Å². The predicted molar refractivity (Wildman–Crippen MR) is 45.9 cm³/mol. The van der Waals surface area contributed by atoms with E-state index < -0.39 is 0 Å². The molecule has 0 saturated heterocycles. The summed E-state index contributed by atoms with van der Waals surface area (Å²) in [5.74, 6) is 0. The molecule has 68 valence electrons. The molecule has 0 aliphatic rings. The maximum atomic E-state index is 8.27. The van der Waals surface area contributed by atoms with Gasteiger partial charge in [-0.05, 0) is 5.56 Å². The smallest absolute Gasteiger partial charge is 0.0458 e. The molecule has 0 radical (unpaired) electrons. The van der Waals surface area contributed by atoms with Crippen molar-refractivity contribution in [3.63, 3.8) is 0 Å². The zero-order valence-corrected chi connectivity index (χ0v) is 6.99. The molecule has 0 unspecified atom stereocenters. The lowest BCUT2D eigenvalue weighted by Crippen LogP contribution is -2.05. The molecule has 0 saturated carbocycles. The van der Waals surface area contributed by atoms with Crippen molar-refractivity contribution in [2.24, 2.45) is 0 Å². The number of rotatable bonds is 2. The van der Waals surface area contributed by atoms with Crippen molar-refractivity contribution in [1.82, 2.24) is 11.0 Å². The highest BCUT2D eigenvalue weighted by atomic mass is 16.5. The molecule has 0 atom stereocenters. The molecule has 0 bridgehead atoms. The maximum Gasteiger partial charge on any atom is 0.0458 e. The van der Waals surface area contributed by atoms with Crippen LogP contribution in [0.15, 0.2) is 30.3 Å². The van der Waals surface area contributed by atoms with Gasteiger partial charge in [0.1, 0.15) is 0 Å². The van der Waals surface area contributed by atoms with Crippen molar-refractivity contribution in [2.75, 3.05) is 7.05 Å². The van der Waals surface area contributed by atoms with Crippen molar-refractivity contribution >= 4 is 0 Å². The fourth-order valence-corrected chi connectivity index (χ4v) is 0.687. The van der Waals surface area contributed by atoms with E-state index in [2.05, 4.69) is 5.48 Å². The molecule has 4 heteroatoms. The highest BCUT2D eigenvalue weighted by molar-refractivity contribution is 5.13. The van der Waals surface area contributed by atoms with Crippen LogP contribution in [0.4, 0.5) is 0 Å². The molecule has 1 rings (SSSR count). The molecule has 1 aromatic rings. The first-order valence-corrected chi connectivity index (χ1v) is 3.57. The quantitative estimate of drug-likeness (QED) is 0.495. The molecule has 12 heavy (non-hydrogen) atoms. The molecule has 0 spiro atoms. The summed E-state index contributed by atoms with van der Waals surface area (Å²) in [6, 6.07) is 9.71. The van der Waals surface area contributed by atoms with E-state index in [-0.39, 0.29) is 0 Å². The van der Waals surface area contributed by atoms with E-state index in [4.69, 9.17) is 10.4 Å². The highest BCUT2D eigenvalue weighted by Gasteiger charge is 1.84. The maximum absolute atomic E-state index is 8.27. The molecule has 0 fully saturated rings. The number of benzene rings is 1. The number of hydroxylamine groups is 2. The summed E-state index contributed by atoms with van der Waals surface area (Å²) < 4.78 is 0. The Morgan fingerprint density at radius 2 is 1.67 bits per heavy atom. The average Bonchev–Trinajstić information content (AvgIpc) is 2.08. The van der Waals surface area contributed by atoms with Gasteiger partial charge in [-0.25, -0.2) is 11.0 Å². The lowest BCUT2D eigenvalue weighted by molar-refractivity contribution is 0.161. The van der Waals surface area contributed by atoms with E-state index >= 15 is 0 Å². The van der Waals surface area contributed by atoms with Crippen LogP contribution in [0, 0.1) is 0 Å². The molecule has 0 aliphatic heterocycles. The van der Waals surface area contributed by atoms with E-state index in [1.807, 2.05) is 30.3 Å². The third-order valence-corrected chi connectivity index (χ3v) is 1.13. The Balaban J connectivity index is 0.000000354. The van der Waals surface area contributed by atoms with Gasteiger partial charge in [0.15, 0.2) is 0 Å². The first-order valence-electron chi connectivity index (χ1n) is 3.57. The molecule has 4 N–H and O–H groups in total. The Hall–Kier alpha value is -0.940. The minimum absolute atomic E-state index is 0.515. The Kier molecular flexibility index (Phi) is 7.52. The van der Waals surface area contributed by atoms with Crippen LogP contribution in [0.25, 0.3) is 0 Å². The highest BCUT2D eigenvalue weighted by Crippen LogP contribution is 1.95. The molecular formula is C8H14N2O2. The summed E-state index contributed by atoms with van der Waals surface area (Å²) in [6.45, 7) is 0.515. The van der Waals surface area contributed by atoms with Crippen LogP contribution in [0.5, 0.6) is 0 Å². The Bertz CT molecular complexity index is 180. The first kappa shape index (κ1) is 11.1. The van der Waals surface area contributed by atoms with Crippen LogP contribution in [0.1, 0.15) is 5.56 Å². The van der Waals surface area contributed by atoms with Gasteiger partial charge < -0.3 is 10.4 Å². The van der Waals surface area contributed by atoms with Crippen molar-refractivity contribution in [3.8, 4) is 0 Å². The number of hydrogen-bond donors (Lipinski definition) is 4. The minimum atomic E-state index is 0.515. The lowest BCUT2D eigenvalue weighted by atomic mass is 10.2. The second-order valence-electron chi connectivity index (χ2n) is 2.04. The van der Waals surface area contributed by atoms with Crippen LogP contribution < -0.4 is 11.0 Å². The Labute approximate surface area is 71.8 Å². The van der Waals surface area contributed by atoms with Crippen molar-refractivity contribution in [2.45, 2.75) is 6.54 Å². The van der Waals surface area contributed by atoms with Crippen LogP contribution in [-0.4, -0.2) is 17.5 Å². The minimum Gasteiger partial charge on any atom is -0.317 e. The molecule has 4 nitrogen and oxygen atoms in total. The van der Waals surface area contributed by atoms with Crippen LogP contribution >= 0.6 is 0 Å². The average molecular weight is 170 g/mol. The van der Waals surface area contributed by atoms with Crippen molar-refractivity contribution in [1.29, 1.82) is 0 Å². The summed E-state index contributed by atoms with van der Waals surface area (Å²) in [4.78, 5) is 0. The zero-order valence-electron chi connectivity index (χ0n) is 6.99. The monoisotopic (exact) mass is 170 g/mol. The SMILES string of the molecule is CNO.ONCc1ccccc1. The van der Waals surface area contributed by atoms with Gasteiger partial charge in [0.2, 0.25) is 0 Å². The van der Waals surface area contributed by atoms with Crippen molar-refractivity contribution < 1.29 is 10.4 Å². The van der Waals surface area contributed by atoms with Crippen molar-refractivity contribution in [3.05, 3.63) is 35.9 Å². The second kappa shape index (κ2) is 8.16. The molecule has 0 amide bonds. The van der Waals surface area contributed by atoms with E-state index in [0.717, 1.165) is 5.56 Å². The molecule has 0 aromatic heterocycles. The third kappa shape index (κ3) is 5.82. The standard InChI is InChI=1S/C7H9NO.CH5NO/c9-8-6-7-4-2-1-3-5-7;1-2-3/h1-5,8-9H,6H2;2-3H,1H3.